The lowest BCUT2D eigenvalue weighted by molar-refractivity contribution is 0.0833. The first-order valence-corrected chi connectivity index (χ1v) is 7.47. The fraction of sp³-hybridized carbons (Fsp3) is 0.625. The van der Waals surface area contributed by atoms with Crippen molar-refractivity contribution in [1.29, 1.82) is 0 Å². The summed E-state index contributed by atoms with van der Waals surface area (Å²) in [7, 11) is 0. The van der Waals surface area contributed by atoms with E-state index in [1.165, 1.54) is 37.3 Å². The normalized spacial score (nSPS) is 21.7. The van der Waals surface area contributed by atoms with Crippen LogP contribution in [0, 0.1) is 0 Å². The number of rotatable bonds is 5. The largest absolute Gasteiger partial charge is 0.330 e. The predicted molar refractivity (Wildman–Crippen MR) is 81.2 cm³/mol. The Kier molecular flexibility index (Phi) is 5.37. The van der Waals surface area contributed by atoms with Crippen LogP contribution in [0.3, 0.4) is 0 Å². The molecule has 0 amide bonds. The van der Waals surface area contributed by atoms with E-state index in [0.717, 1.165) is 19.5 Å². The number of piperazine rings is 1. The summed E-state index contributed by atoms with van der Waals surface area (Å²) in [4.78, 5) is 5.13. The van der Waals surface area contributed by atoms with Crippen LogP contribution in [0.2, 0.25) is 0 Å². The molecule has 0 spiro atoms. The minimum absolute atomic E-state index is 0.667. The third-order valence-corrected chi connectivity index (χ3v) is 4.18. The molecule has 0 aliphatic carbocycles. The quantitative estimate of drug-likeness (QED) is 0.876. The molecule has 1 unspecified atom stereocenters. The van der Waals surface area contributed by atoms with Crippen LogP contribution < -0.4 is 5.73 Å². The Morgan fingerprint density at radius 3 is 2.58 bits per heavy atom. The summed E-state index contributed by atoms with van der Waals surface area (Å²) < 4.78 is 0. The van der Waals surface area contributed by atoms with Crippen molar-refractivity contribution >= 4 is 0 Å². The van der Waals surface area contributed by atoms with Gasteiger partial charge in [0.2, 0.25) is 0 Å². The maximum Gasteiger partial charge on any atom is 0.0237 e. The van der Waals surface area contributed by atoms with Gasteiger partial charge in [0.1, 0.15) is 0 Å². The highest BCUT2D eigenvalue weighted by atomic mass is 15.3. The maximum atomic E-state index is 5.70. The Morgan fingerprint density at radius 2 is 1.95 bits per heavy atom. The molecule has 0 aromatic heterocycles. The van der Waals surface area contributed by atoms with Gasteiger partial charge < -0.3 is 5.73 Å². The average molecular weight is 261 g/mol. The zero-order valence-electron chi connectivity index (χ0n) is 12.3. The molecule has 1 heterocycles. The van der Waals surface area contributed by atoms with Gasteiger partial charge in [0.15, 0.2) is 0 Å². The van der Waals surface area contributed by atoms with Crippen molar-refractivity contribution in [2.45, 2.75) is 32.9 Å². The summed E-state index contributed by atoms with van der Waals surface area (Å²) in [6.07, 6.45) is 0.987. The zero-order chi connectivity index (χ0) is 13.7. The van der Waals surface area contributed by atoms with Crippen LogP contribution in [0.1, 0.15) is 25.0 Å². The third kappa shape index (κ3) is 3.78. The maximum absolute atomic E-state index is 5.70. The topological polar surface area (TPSA) is 32.5 Å². The van der Waals surface area contributed by atoms with Crippen LogP contribution in [0.25, 0.3) is 0 Å². The van der Waals surface area contributed by atoms with Crippen molar-refractivity contribution in [1.82, 2.24) is 9.80 Å². The SMILES string of the molecule is CCN1CCN(Cc2ccccc2CCN)CC1C. The lowest BCUT2D eigenvalue weighted by Crippen LogP contribution is -2.51. The standard InChI is InChI=1S/C16H27N3/c1-3-19-11-10-18(12-14(19)2)13-16-7-5-4-6-15(16)8-9-17/h4-7,14H,3,8-13,17H2,1-2H3. The molecule has 1 saturated heterocycles. The van der Waals surface area contributed by atoms with Gasteiger partial charge in [0.25, 0.3) is 0 Å². The Labute approximate surface area is 117 Å². The van der Waals surface area contributed by atoms with Gasteiger partial charge in [0, 0.05) is 32.2 Å². The molecule has 19 heavy (non-hydrogen) atoms. The lowest BCUT2D eigenvalue weighted by Gasteiger charge is -2.39. The Morgan fingerprint density at radius 1 is 1.21 bits per heavy atom. The second kappa shape index (κ2) is 7.04. The molecule has 1 fully saturated rings. The molecule has 0 bridgehead atoms. The average Bonchev–Trinajstić information content (AvgIpc) is 2.41. The van der Waals surface area contributed by atoms with E-state index >= 15 is 0 Å². The summed E-state index contributed by atoms with van der Waals surface area (Å²) in [6, 6.07) is 9.39. The molecule has 1 atom stereocenters. The van der Waals surface area contributed by atoms with Crippen molar-refractivity contribution in [3.63, 3.8) is 0 Å². The summed E-state index contributed by atoms with van der Waals surface area (Å²) in [5.41, 5.74) is 8.56. The number of nitrogens with two attached hydrogens (primary N) is 1. The van der Waals surface area contributed by atoms with E-state index in [-0.39, 0.29) is 0 Å². The summed E-state index contributed by atoms with van der Waals surface area (Å²) in [6.45, 7) is 11.1. The van der Waals surface area contributed by atoms with E-state index in [9.17, 15) is 0 Å². The van der Waals surface area contributed by atoms with Gasteiger partial charge in [-0.15, -0.1) is 0 Å². The molecule has 0 radical (unpaired) electrons. The van der Waals surface area contributed by atoms with E-state index in [2.05, 4.69) is 47.9 Å². The molecule has 2 rings (SSSR count). The summed E-state index contributed by atoms with van der Waals surface area (Å²) in [5, 5.41) is 0. The minimum atomic E-state index is 0.667. The number of hydrogen-bond donors (Lipinski definition) is 1. The lowest BCUT2D eigenvalue weighted by atomic mass is 10.0. The van der Waals surface area contributed by atoms with E-state index in [0.29, 0.717) is 6.04 Å². The molecule has 1 aliphatic rings. The molecule has 1 aromatic rings. The zero-order valence-corrected chi connectivity index (χ0v) is 12.3. The minimum Gasteiger partial charge on any atom is -0.330 e. The molecule has 3 heteroatoms. The molecule has 106 valence electrons. The van der Waals surface area contributed by atoms with Gasteiger partial charge in [0.05, 0.1) is 0 Å². The van der Waals surface area contributed by atoms with E-state index in [1.54, 1.807) is 0 Å². The van der Waals surface area contributed by atoms with Gasteiger partial charge in [-0.2, -0.15) is 0 Å². The molecule has 1 aliphatic heterocycles. The fourth-order valence-electron chi connectivity index (χ4n) is 3.04. The van der Waals surface area contributed by atoms with Crippen LogP contribution in [0.5, 0.6) is 0 Å². The molecule has 3 nitrogen and oxygen atoms in total. The van der Waals surface area contributed by atoms with Crippen molar-refractivity contribution in [3.8, 4) is 0 Å². The fourth-order valence-corrected chi connectivity index (χ4v) is 3.04. The molecular formula is C16H27N3. The van der Waals surface area contributed by atoms with E-state index < -0.39 is 0 Å². The highest BCUT2D eigenvalue weighted by molar-refractivity contribution is 5.27. The highest BCUT2D eigenvalue weighted by Crippen LogP contribution is 2.16. The summed E-state index contributed by atoms with van der Waals surface area (Å²) in [5.74, 6) is 0. The first-order chi connectivity index (χ1) is 9.24. The van der Waals surface area contributed by atoms with Gasteiger partial charge in [-0.3, -0.25) is 9.80 Å². The number of benzene rings is 1. The van der Waals surface area contributed by atoms with Gasteiger partial charge >= 0.3 is 0 Å². The smallest absolute Gasteiger partial charge is 0.0237 e. The van der Waals surface area contributed by atoms with E-state index in [1.807, 2.05) is 0 Å². The third-order valence-electron chi connectivity index (χ3n) is 4.18. The van der Waals surface area contributed by atoms with Crippen molar-refractivity contribution in [3.05, 3.63) is 35.4 Å². The van der Waals surface area contributed by atoms with Crippen LogP contribution in [-0.4, -0.2) is 48.6 Å². The predicted octanol–water partition coefficient (Wildman–Crippen LogP) is 1.71. The Hall–Kier alpha value is -0.900. The van der Waals surface area contributed by atoms with E-state index in [4.69, 9.17) is 5.73 Å². The van der Waals surface area contributed by atoms with Crippen molar-refractivity contribution in [2.75, 3.05) is 32.7 Å². The molecular weight excluding hydrogens is 234 g/mol. The molecule has 2 N–H and O–H groups in total. The first-order valence-electron chi connectivity index (χ1n) is 7.47. The van der Waals surface area contributed by atoms with Crippen LogP contribution in [0.4, 0.5) is 0 Å². The Balaban J connectivity index is 1.98. The number of likely N-dealkylation sites (N-methyl/N-ethyl adjacent to an activating group) is 1. The van der Waals surface area contributed by atoms with Crippen LogP contribution >= 0.6 is 0 Å². The second-order valence-electron chi connectivity index (χ2n) is 5.52. The van der Waals surface area contributed by atoms with Gasteiger partial charge in [-0.1, -0.05) is 31.2 Å². The Bertz CT molecular complexity index is 391. The number of nitrogens with zero attached hydrogens (tertiary/aromatic N) is 2. The van der Waals surface area contributed by atoms with Crippen LogP contribution in [-0.2, 0) is 13.0 Å². The molecule has 1 aromatic carbocycles. The van der Waals surface area contributed by atoms with Gasteiger partial charge in [-0.05, 0) is 37.6 Å². The summed E-state index contributed by atoms with van der Waals surface area (Å²) >= 11 is 0. The van der Waals surface area contributed by atoms with Crippen LogP contribution in [0.15, 0.2) is 24.3 Å². The van der Waals surface area contributed by atoms with Gasteiger partial charge in [-0.25, -0.2) is 0 Å². The highest BCUT2D eigenvalue weighted by Gasteiger charge is 2.22. The van der Waals surface area contributed by atoms with Crippen molar-refractivity contribution in [2.24, 2.45) is 5.73 Å². The monoisotopic (exact) mass is 261 g/mol. The second-order valence-corrected chi connectivity index (χ2v) is 5.52. The number of hydrogen-bond acceptors (Lipinski definition) is 3. The molecule has 0 saturated carbocycles. The first kappa shape index (κ1) is 14.5. The van der Waals surface area contributed by atoms with Crippen molar-refractivity contribution < 1.29 is 0 Å².